The summed E-state index contributed by atoms with van der Waals surface area (Å²) in [6.07, 6.45) is -0.112. The van der Waals surface area contributed by atoms with Gasteiger partial charge in [-0.2, -0.15) is 0 Å². The molecule has 0 unspecified atom stereocenters. The molecule has 2 aromatic carbocycles. The topological polar surface area (TPSA) is 85.9 Å². The average molecular weight is 342 g/mol. The molecule has 3 rings (SSSR count). The largest absolute Gasteiger partial charge is 0.454 e. The van der Waals surface area contributed by atoms with E-state index >= 15 is 0 Å². The summed E-state index contributed by atoms with van der Waals surface area (Å²) in [5.74, 6) is 0.600. The van der Waals surface area contributed by atoms with Crippen LogP contribution in [0.2, 0.25) is 0 Å². The summed E-state index contributed by atoms with van der Waals surface area (Å²) in [5.41, 5.74) is 7.10. The number of rotatable bonds is 4. The lowest BCUT2D eigenvalue weighted by Gasteiger charge is -2.09. The fourth-order valence-corrected chi connectivity index (χ4v) is 2.40. The second-order valence-electron chi connectivity index (χ2n) is 5.46. The Morgan fingerprint density at radius 2 is 1.88 bits per heavy atom. The second kappa shape index (κ2) is 7.57. The van der Waals surface area contributed by atoms with Crippen molar-refractivity contribution in [2.45, 2.75) is 13.3 Å². The van der Waals surface area contributed by atoms with Gasteiger partial charge in [0.1, 0.15) is 0 Å². The first-order valence-corrected chi connectivity index (χ1v) is 7.81. The fraction of sp³-hybridized carbons (Fsp3) is 0.222. The Labute approximate surface area is 144 Å². The van der Waals surface area contributed by atoms with Gasteiger partial charge in [0.15, 0.2) is 11.5 Å². The maximum Gasteiger partial charge on any atom is 0.426 e. The number of nitrogens with one attached hydrogen (secondary N) is 2. The quantitative estimate of drug-likeness (QED) is 0.833. The third-order valence-corrected chi connectivity index (χ3v) is 3.78. The molecule has 7 nitrogen and oxygen atoms in total. The predicted octanol–water partition coefficient (Wildman–Crippen LogP) is 2.34. The number of hydrogen-bond acceptors (Lipinski definition) is 5. The zero-order valence-corrected chi connectivity index (χ0v) is 13.7. The van der Waals surface area contributed by atoms with E-state index in [0.29, 0.717) is 23.5 Å². The summed E-state index contributed by atoms with van der Waals surface area (Å²) >= 11 is 0. The maximum absolute atomic E-state index is 12.0. The summed E-state index contributed by atoms with van der Waals surface area (Å²) in [6.45, 7) is 2.35. The van der Waals surface area contributed by atoms with Crippen molar-refractivity contribution in [3.63, 3.8) is 0 Å². The Bertz CT molecular complexity index is 791. The Balaban J connectivity index is 1.43. The van der Waals surface area contributed by atoms with E-state index in [-0.39, 0.29) is 13.4 Å². The molecule has 0 bridgehead atoms. The first-order valence-electron chi connectivity index (χ1n) is 7.81. The van der Waals surface area contributed by atoms with Crippen molar-refractivity contribution < 1.29 is 23.8 Å². The van der Waals surface area contributed by atoms with Crippen molar-refractivity contribution in [2.75, 3.05) is 13.4 Å². The molecular weight excluding hydrogens is 324 g/mol. The average Bonchev–Trinajstić information content (AvgIpc) is 3.09. The van der Waals surface area contributed by atoms with Crippen LogP contribution in [-0.4, -0.2) is 25.4 Å². The van der Waals surface area contributed by atoms with E-state index < -0.39 is 12.0 Å². The molecule has 0 aromatic heterocycles. The number of ether oxygens (including phenoxy) is 3. The molecule has 0 atom stereocenters. The van der Waals surface area contributed by atoms with Crippen molar-refractivity contribution in [2.24, 2.45) is 0 Å². The van der Waals surface area contributed by atoms with Gasteiger partial charge in [-0.1, -0.05) is 24.3 Å². The third kappa shape index (κ3) is 4.20. The lowest BCUT2D eigenvalue weighted by molar-refractivity contribution is 0.0910. The van der Waals surface area contributed by atoms with Gasteiger partial charge in [0, 0.05) is 12.0 Å². The summed E-state index contributed by atoms with van der Waals surface area (Å²) in [7, 11) is 0. The number of carbonyl (C=O) groups is 2. The highest BCUT2D eigenvalue weighted by molar-refractivity contribution is 5.95. The molecule has 0 saturated carbocycles. The number of fused-ring (bicyclic) bond motifs is 1. The smallest absolute Gasteiger partial charge is 0.426 e. The van der Waals surface area contributed by atoms with Crippen LogP contribution in [0.1, 0.15) is 21.5 Å². The standard InChI is InChI=1S/C18H18N2O5/c1-12-4-2-3-5-13(12)8-9-23-18(22)20-19-17(21)14-6-7-15-16(10-14)25-11-24-15/h2-7,10H,8-9,11H2,1H3,(H,19,21)(H,20,22). The normalized spacial score (nSPS) is 11.7. The van der Waals surface area contributed by atoms with Gasteiger partial charge in [0.05, 0.1) is 6.61 Å². The van der Waals surface area contributed by atoms with E-state index in [2.05, 4.69) is 10.9 Å². The molecule has 1 aliphatic heterocycles. The highest BCUT2D eigenvalue weighted by atomic mass is 16.7. The summed E-state index contributed by atoms with van der Waals surface area (Å²) in [4.78, 5) is 23.7. The summed E-state index contributed by atoms with van der Waals surface area (Å²) < 4.78 is 15.4. The van der Waals surface area contributed by atoms with Gasteiger partial charge in [-0.3, -0.25) is 10.2 Å². The number of hydrazine groups is 1. The van der Waals surface area contributed by atoms with E-state index in [4.69, 9.17) is 14.2 Å². The van der Waals surface area contributed by atoms with Crippen molar-refractivity contribution in [3.05, 3.63) is 59.2 Å². The SMILES string of the molecule is Cc1ccccc1CCOC(=O)NNC(=O)c1ccc2c(c1)OCO2. The molecular formula is C18H18N2O5. The van der Waals surface area contributed by atoms with Crippen molar-refractivity contribution in [1.29, 1.82) is 0 Å². The molecule has 1 heterocycles. The van der Waals surface area contributed by atoms with Crippen LogP contribution in [0.15, 0.2) is 42.5 Å². The molecule has 25 heavy (non-hydrogen) atoms. The molecule has 2 N–H and O–H groups in total. The minimum absolute atomic E-state index is 0.131. The van der Waals surface area contributed by atoms with E-state index in [1.54, 1.807) is 18.2 Å². The maximum atomic E-state index is 12.0. The van der Waals surface area contributed by atoms with Crippen LogP contribution in [0.5, 0.6) is 11.5 Å². The van der Waals surface area contributed by atoms with Crippen LogP contribution in [-0.2, 0) is 11.2 Å². The predicted molar refractivity (Wildman–Crippen MR) is 89.4 cm³/mol. The van der Waals surface area contributed by atoms with Gasteiger partial charge in [-0.25, -0.2) is 10.2 Å². The van der Waals surface area contributed by atoms with E-state index in [0.717, 1.165) is 11.1 Å². The van der Waals surface area contributed by atoms with Crippen LogP contribution < -0.4 is 20.3 Å². The van der Waals surface area contributed by atoms with E-state index in [1.165, 1.54) is 0 Å². The number of amides is 2. The Kier molecular flexibility index (Phi) is 5.03. The van der Waals surface area contributed by atoms with Crippen LogP contribution in [0.4, 0.5) is 4.79 Å². The van der Waals surface area contributed by atoms with Gasteiger partial charge in [-0.15, -0.1) is 0 Å². The van der Waals surface area contributed by atoms with Gasteiger partial charge in [-0.05, 0) is 36.2 Å². The molecule has 130 valence electrons. The summed E-state index contributed by atoms with van der Waals surface area (Å²) in [5, 5.41) is 0. The molecule has 0 saturated heterocycles. The minimum atomic E-state index is -0.720. The third-order valence-electron chi connectivity index (χ3n) is 3.78. The zero-order chi connectivity index (χ0) is 17.6. The molecule has 2 amide bonds. The highest BCUT2D eigenvalue weighted by Gasteiger charge is 2.16. The van der Waals surface area contributed by atoms with Gasteiger partial charge in [0.25, 0.3) is 5.91 Å². The first-order chi connectivity index (χ1) is 12.1. The molecule has 1 aliphatic rings. The van der Waals surface area contributed by atoms with Gasteiger partial charge < -0.3 is 14.2 Å². The molecule has 0 radical (unpaired) electrons. The van der Waals surface area contributed by atoms with Crippen LogP contribution >= 0.6 is 0 Å². The Hall–Kier alpha value is -3.22. The lowest BCUT2D eigenvalue weighted by Crippen LogP contribution is -2.42. The number of hydrogen-bond donors (Lipinski definition) is 2. The van der Waals surface area contributed by atoms with Gasteiger partial charge >= 0.3 is 6.09 Å². The second-order valence-corrected chi connectivity index (χ2v) is 5.46. The van der Waals surface area contributed by atoms with Gasteiger partial charge in [0.2, 0.25) is 6.79 Å². The Morgan fingerprint density at radius 1 is 1.08 bits per heavy atom. The van der Waals surface area contributed by atoms with Crippen LogP contribution in [0, 0.1) is 6.92 Å². The molecule has 0 aliphatic carbocycles. The Morgan fingerprint density at radius 3 is 2.72 bits per heavy atom. The van der Waals surface area contributed by atoms with Crippen molar-refractivity contribution >= 4 is 12.0 Å². The minimum Gasteiger partial charge on any atom is -0.454 e. The number of benzene rings is 2. The first kappa shape index (κ1) is 16.6. The van der Waals surface area contributed by atoms with Crippen LogP contribution in [0.25, 0.3) is 0 Å². The summed E-state index contributed by atoms with van der Waals surface area (Å²) in [6, 6.07) is 12.6. The van der Waals surface area contributed by atoms with Crippen molar-refractivity contribution in [3.8, 4) is 11.5 Å². The van der Waals surface area contributed by atoms with Crippen LogP contribution in [0.3, 0.4) is 0 Å². The fourth-order valence-electron chi connectivity index (χ4n) is 2.40. The highest BCUT2D eigenvalue weighted by Crippen LogP contribution is 2.32. The molecule has 2 aromatic rings. The van der Waals surface area contributed by atoms with Crippen molar-refractivity contribution in [1.82, 2.24) is 10.9 Å². The van der Waals surface area contributed by atoms with E-state index in [1.807, 2.05) is 31.2 Å². The lowest BCUT2D eigenvalue weighted by atomic mass is 10.1. The zero-order valence-electron chi connectivity index (χ0n) is 13.7. The number of aryl methyl sites for hydroxylation is 1. The molecule has 7 heteroatoms. The molecule has 0 spiro atoms. The van der Waals surface area contributed by atoms with E-state index in [9.17, 15) is 9.59 Å². The number of carbonyl (C=O) groups excluding carboxylic acids is 2. The molecule has 0 fully saturated rings. The monoisotopic (exact) mass is 342 g/mol.